The van der Waals surface area contributed by atoms with Gasteiger partial charge in [-0.25, -0.2) is 0 Å². The van der Waals surface area contributed by atoms with Gasteiger partial charge >= 0.3 is 5.97 Å². The summed E-state index contributed by atoms with van der Waals surface area (Å²) >= 11 is 0. The van der Waals surface area contributed by atoms with E-state index in [1.807, 2.05) is 6.92 Å². The summed E-state index contributed by atoms with van der Waals surface area (Å²) in [6.45, 7) is 6.76. The van der Waals surface area contributed by atoms with Crippen LogP contribution < -0.4 is 0 Å². The molecule has 112 valence electrons. The number of hydrogen-bond acceptors (Lipinski definition) is 2. The molecule has 0 N–H and O–H groups in total. The third-order valence-corrected chi connectivity index (χ3v) is 3.32. The van der Waals surface area contributed by atoms with Crippen molar-refractivity contribution in [3.05, 3.63) is 11.6 Å². The molecule has 0 unspecified atom stereocenters. The van der Waals surface area contributed by atoms with Crippen molar-refractivity contribution < 1.29 is 9.53 Å². The summed E-state index contributed by atoms with van der Waals surface area (Å²) in [7, 11) is 0. The van der Waals surface area contributed by atoms with Crippen LogP contribution >= 0.6 is 0 Å². The molecule has 0 bridgehead atoms. The topological polar surface area (TPSA) is 26.3 Å². The second kappa shape index (κ2) is 13.6. The van der Waals surface area contributed by atoms with Gasteiger partial charge in [0.25, 0.3) is 0 Å². The lowest BCUT2D eigenvalue weighted by Gasteiger charge is -2.03. The number of carbonyl (C=O) groups excluding carboxylic acids is 1. The van der Waals surface area contributed by atoms with Gasteiger partial charge in [0.2, 0.25) is 0 Å². The zero-order valence-electron chi connectivity index (χ0n) is 13.2. The molecule has 0 saturated carbocycles. The Hall–Kier alpha value is -0.790. The number of unbranched alkanes of at least 4 members (excludes halogenated alkanes) is 6. The van der Waals surface area contributed by atoms with Crippen LogP contribution in [0.15, 0.2) is 11.6 Å². The smallest absolute Gasteiger partial charge is 0.306 e. The van der Waals surface area contributed by atoms with E-state index >= 15 is 0 Å². The highest BCUT2D eigenvalue weighted by atomic mass is 16.5. The van der Waals surface area contributed by atoms with Gasteiger partial charge in [0.15, 0.2) is 0 Å². The van der Waals surface area contributed by atoms with E-state index in [0.717, 1.165) is 6.42 Å². The first kappa shape index (κ1) is 18.2. The molecule has 0 aromatic carbocycles. The quantitative estimate of drug-likeness (QED) is 0.268. The van der Waals surface area contributed by atoms with Crippen LogP contribution in [0.5, 0.6) is 0 Å². The molecular formula is C17H32O2. The van der Waals surface area contributed by atoms with Crippen molar-refractivity contribution in [2.24, 2.45) is 0 Å². The van der Waals surface area contributed by atoms with Crippen LogP contribution in [-0.4, -0.2) is 12.6 Å². The molecule has 0 rings (SSSR count). The summed E-state index contributed by atoms with van der Waals surface area (Å²) < 4.78 is 4.90. The molecule has 0 aromatic rings. The van der Waals surface area contributed by atoms with Crippen LogP contribution in [0.25, 0.3) is 0 Å². The van der Waals surface area contributed by atoms with E-state index < -0.39 is 0 Å². The van der Waals surface area contributed by atoms with E-state index in [4.69, 9.17) is 4.74 Å². The van der Waals surface area contributed by atoms with Crippen LogP contribution in [0, 0.1) is 0 Å². The fraction of sp³-hybridized carbons (Fsp3) is 0.824. The van der Waals surface area contributed by atoms with Crippen molar-refractivity contribution in [3.8, 4) is 0 Å². The molecule has 2 heteroatoms. The second-order valence-corrected chi connectivity index (χ2v) is 5.27. The highest BCUT2D eigenvalue weighted by Gasteiger charge is 1.99. The minimum absolute atomic E-state index is 0.0810. The molecule has 19 heavy (non-hydrogen) atoms. The van der Waals surface area contributed by atoms with Crippen molar-refractivity contribution in [3.63, 3.8) is 0 Å². The molecule has 0 aliphatic rings. The summed E-state index contributed by atoms with van der Waals surface area (Å²) in [5, 5.41) is 0. The van der Waals surface area contributed by atoms with Crippen LogP contribution in [0.4, 0.5) is 0 Å². The molecule has 0 spiro atoms. The molecule has 0 saturated heterocycles. The maximum Gasteiger partial charge on any atom is 0.306 e. The third kappa shape index (κ3) is 13.4. The van der Waals surface area contributed by atoms with Crippen LogP contribution in [0.1, 0.15) is 85.0 Å². The van der Waals surface area contributed by atoms with Crippen LogP contribution in [0.3, 0.4) is 0 Å². The lowest BCUT2D eigenvalue weighted by Crippen LogP contribution is -2.02. The van der Waals surface area contributed by atoms with E-state index in [0.29, 0.717) is 13.0 Å². The summed E-state index contributed by atoms with van der Waals surface area (Å²) in [5.41, 5.74) is 1.41. The maximum absolute atomic E-state index is 11.2. The Kier molecular flexibility index (Phi) is 13.1. The molecule has 0 heterocycles. The highest BCUT2D eigenvalue weighted by molar-refractivity contribution is 5.69. The van der Waals surface area contributed by atoms with Gasteiger partial charge in [0.05, 0.1) is 6.61 Å². The maximum atomic E-state index is 11.2. The van der Waals surface area contributed by atoms with Gasteiger partial charge in [-0.05, 0) is 33.1 Å². The van der Waals surface area contributed by atoms with Crippen LogP contribution in [-0.2, 0) is 9.53 Å². The standard InChI is InChI=1S/C17H32O2/c1-4-6-7-8-9-10-11-13-16(3)14-12-15-17(18)19-5-2/h14H,4-13,15H2,1-3H3/b16-14-. The van der Waals surface area contributed by atoms with Gasteiger partial charge in [-0.15, -0.1) is 0 Å². The fourth-order valence-electron chi connectivity index (χ4n) is 2.13. The van der Waals surface area contributed by atoms with E-state index in [-0.39, 0.29) is 5.97 Å². The van der Waals surface area contributed by atoms with Gasteiger partial charge < -0.3 is 4.74 Å². The molecule has 0 aliphatic heterocycles. The number of rotatable bonds is 12. The lowest BCUT2D eigenvalue weighted by atomic mass is 10.0. The lowest BCUT2D eigenvalue weighted by molar-refractivity contribution is -0.142. The molecule has 0 radical (unpaired) electrons. The summed E-state index contributed by atoms with van der Waals surface area (Å²) in [6.07, 6.45) is 14.2. The average Bonchev–Trinajstić information content (AvgIpc) is 2.38. The zero-order chi connectivity index (χ0) is 14.3. The van der Waals surface area contributed by atoms with E-state index in [9.17, 15) is 4.79 Å². The molecular weight excluding hydrogens is 236 g/mol. The molecule has 0 fully saturated rings. The summed E-state index contributed by atoms with van der Waals surface area (Å²) in [5.74, 6) is -0.0810. The van der Waals surface area contributed by atoms with Crippen LogP contribution in [0.2, 0.25) is 0 Å². The fourth-order valence-corrected chi connectivity index (χ4v) is 2.13. The summed E-state index contributed by atoms with van der Waals surface area (Å²) in [6, 6.07) is 0. The predicted octanol–water partition coefficient (Wildman–Crippen LogP) is 5.42. The van der Waals surface area contributed by atoms with Gasteiger partial charge in [-0.2, -0.15) is 0 Å². The van der Waals surface area contributed by atoms with Gasteiger partial charge in [-0.3, -0.25) is 4.79 Å². The molecule has 0 amide bonds. The number of ether oxygens (including phenoxy) is 1. The number of esters is 1. The number of hydrogen-bond donors (Lipinski definition) is 0. The average molecular weight is 268 g/mol. The Balaban J connectivity index is 3.41. The largest absolute Gasteiger partial charge is 0.466 e. The minimum Gasteiger partial charge on any atom is -0.466 e. The Morgan fingerprint density at radius 3 is 2.21 bits per heavy atom. The Morgan fingerprint density at radius 2 is 1.58 bits per heavy atom. The highest BCUT2D eigenvalue weighted by Crippen LogP contribution is 2.13. The van der Waals surface area contributed by atoms with E-state index in [2.05, 4.69) is 19.9 Å². The SMILES string of the molecule is CCCCCCCCC/C(C)=C\CCC(=O)OCC. The van der Waals surface area contributed by atoms with Crippen molar-refractivity contribution in [1.29, 1.82) is 0 Å². The normalized spacial score (nSPS) is 11.6. The third-order valence-electron chi connectivity index (χ3n) is 3.32. The minimum atomic E-state index is -0.0810. The monoisotopic (exact) mass is 268 g/mol. The zero-order valence-corrected chi connectivity index (χ0v) is 13.2. The molecule has 0 aromatic heterocycles. The Bertz CT molecular complexity index is 244. The molecule has 0 atom stereocenters. The molecule has 2 nitrogen and oxygen atoms in total. The van der Waals surface area contributed by atoms with Gasteiger partial charge in [0.1, 0.15) is 0 Å². The van der Waals surface area contributed by atoms with Crippen molar-refractivity contribution in [1.82, 2.24) is 0 Å². The van der Waals surface area contributed by atoms with Crippen molar-refractivity contribution in [2.75, 3.05) is 6.61 Å². The van der Waals surface area contributed by atoms with Crippen molar-refractivity contribution >= 4 is 5.97 Å². The van der Waals surface area contributed by atoms with Gasteiger partial charge in [-0.1, -0.05) is 57.1 Å². The Morgan fingerprint density at radius 1 is 0.947 bits per heavy atom. The second-order valence-electron chi connectivity index (χ2n) is 5.27. The van der Waals surface area contributed by atoms with E-state index in [1.165, 1.54) is 56.9 Å². The first-order valence-electron chi connectivity index (χ1n) is 8.02. The Labute approximate surface area is 119 Å². The first-order chi connectivity index (χ1) is 9.20. The first-order valence-corrected chi connectivity index (χ1v) is 8.02. The van der Waals surface area contributed by atoms with Gasteiger partial charge in [0, 0.05) is 6.42 Å². The predicted molar refractivity (Wildman–Crippen MR) is 82.2 cm³/mol. The summed E-state index contributed by atoms with van der Waals surface area (Å²) in [4.78, 5) is 11.2. The van der Waals surface area contributed by atoms with E-state index in [1.54, 1.807) is 0 Å². The number of carbonyl (C=O) groups is 1. The molecule has 0 aliphatic carbocycles. The number of allylic oxidation sites excluding steroid dienone is 2. The van der Waals surface area contributed by atoms with Crippen molar-refractivity contribution in [2.45, 2.75) is 85.0 Å².